The Labute approximate surface area is 57.9 Å². The van der Waals surface area contributed by atoms with Gasteiger partial charge in [-0.15, -0.1) is 0 Å². The predicted octanol–water partition coefficient (Wildman–Crippen LogP) is 1.40. The van der Waals surface area contributed by atoms with Crippen LogP contribution in [0.2, 0.25) is 0 Å². The van der Waals surface area contributed by atoms with Crippen molar-refractivity contribution < 1.29 is 4.39 Å². The molecule has 1 aromatic rings. The van der Waals surface area contributed by atoms with E-state index >= 15 is 0 Å². The summed E-state index contributed by atoms with van der Waals surface area (Å²) >= 11 is 0. The second kappa shape index (κ2) is 2.44. The molecule has 0 unspecified atom stereocenters. The SMILES string of the molecule is Cc1cc(F)cnc1C#N. The summed E-state index contributed by atoms with van der Waals surface area (Å²) in [6, 6.07) is 3.13. The average Bonchev–Trinajstić information content (AvgIpc) is 1.88. The van der Waals surface area contributed by atoms with E-state index in [0.717, 1.165) is 6.20 Å². The summed E-state index contributed by atoms with van der Waals surface area (Å²) < 4.78 is 12.3. The standard InChI is InChI=1S/C7H5FN2/c1-5-2-6(8)4-10-7(5)3-9/h2,4H,1H3. The van der Waals surface area contributed by atoms with Gasteiger partial charge in [-0.2, -0.15) is 5.26 Å². The largest absolute Gasteiger partial charge is 0.242 e. The predicted molar refractivity (Wildman–Crippen MR) is 33.6 cm³/mol. The van der Waals surface area contributed by atoms with Crippen LogP contribution in [0.1, 0.15) is 11.3 Å². The van der Waals surface area contributed by atoms with Crippen molar-refractivity contribution in [1.82, 2.24) is 4.98 Å². The van der Waals surface area contributed by atoms with Crippen molar-refractivity contribution in [1.29, 1.82) is 5.26 Å². The van der Waals surface area contributed by atoms with Crippen LogP contribution >= 0.6 is 0 Å². The summed E-state index contributed by atoms with van der Waals surface area (Å²) in [5, 5.41) is 8.37. The number of halogens is 1. The molecular formula is C7H5FN2. The molecule has 0 atom stereocenters. The Hall–Kier alpha value is -1.43. The average molecular weight is 136 g/mol. The number of hydrogen-bond donors (Lipinski definition) is 0. The van der Waals surface area contributed by atoms with Gasteiger partial charge in [-0.05, 0) is 18.6 Å². The second-order valence-electron chi connectivity index (χ2n) is 1.93. The highest BCUT2D eigenvalue weighted by atomic mass is 19.1. The molecule has 1 aromatic heterocycles. The summed E-state index contributed by atoms with van der Waals surface area (Å²) in [7, 11) is 0. The van der Waals surface area contributed by atoms with Crippen LogP contribution in [0.25, 0.3) is 0 Å². The lowest BCUT2D eigenvalue weighted by Gasteiger charge is -1.92. The van der Waals surface area contributed by atoms with Crippen LogP contribution in [0.15, 0.2) is 12.3 Å². The van der Waals surface area contributed by atoms with Gasteiger partial charge in [0.25, 0.3) is 0 Å². The molecule has 1 rings (SSSR count). The van der Waals surface area contributed by atoms with E-state index < -0.39 is 5.82 Å². The molecule has 0 aliphatic carbocycles. The van der Waals surface area contributed by atoms with Gasteiger partial charge in [-0.25, -0.2) is 9.37 Å². The Morgan fingerprint density at radius 1 is 1.70 bits per heavy atom. The lowest BCUT2D eigenvalue weighted by Crippen LogP contribution is -1.88. The molecule has 0 spiro atoms. The highest BCUT2D eigenvalue weighted by molar-refractivity contribution is 5.29. The quantitative estimate of drug-likeness (QED) is 0.540. The van der Waals surface area contributed by atoms with Gasteiger partial charge in [0, 0.05) is 0 Å². The lowest BCUT2D eigenvalue weighted by molar-refractivity contribution is 0.619. The molecule has 0 fully saturated rings. The van der Waals surface area contributed by atoms with Crippen LogP contribution in [0.5, 0.6) is 0 Å². The van der Waals surface area contributed by atoms with Gasteiger partial charge < -0.3 is 0 Å². The third-order valence-corrected chi connectivity index (χ3v) is 1.15. The fraction of sp³-hybridized carbons (Fsp3) is 0.143. The van der Waals surface area contributed by atoms with Crippen LogP contribution < -0.4 is 0 Å². The molecule has 10 heavy (non-hydrogen) atoms. The minimum Gasteiger partial charge on any atom is -0.242 e. The van der Waals surface area contributed by atoms with Crippen molar-refractivity contribution in [3.05, 3.63) is 29.3 Å². The maximum absolute atomic E-state index is 12.3. The van der Waals surface area contributed by atoms with Crippen molar-refractivity contribution in [3.8, 4) is 6.07 Å². The van der Waals surface area contributed by atoms with Gasteiger partial charge in [-0.1, -0.05) is 0 Å². The highest BCUT2D eigenvalue weighted by Crippen LogP contribution is 2.03. The Bertz CT molecular complexity index is 288. The fourth-order valence-electron chi connectivity index (χ4n) is 0.658. The molecule has 0 aliphatic heterocycles. The smallest absolute Gasteiger partial charge is 0.143 e. The summed E-state index contributed by atoms with van der Waals surface area (Å²) in [4.78, 5) is 3.56. The molecular weight excluding hydrogens is 131 g/mol. The molecule has 0 aromatic carbocycles. The molecule has 0 saturated carbocycles. The Morgan fingerprint density at radius 2 is 2.40 bits per heavy atom. The van der Waals surface area contributed by atoms with E-state index in [-0.39, 0.29) is 5.69 Å². The van der Waals surface area contributed by atoms with E-state index in [2.05, 4.69) is 4.98 Å². The van der Waals surface area contributed by atoms with Crippen LogP contribution in [0.4, 0.5) is 4.39 Å². The minimum atomic E-state index is -0.406. The van der Waals surface area contributed by atoms with E-state index in [1.165, 1.54) is 6.07 Å². The number of nitriles is 1. The monoisotopic (exact) mass is 136 g/mol. The van der Waals surface area contributed by atoms with Crippen molar-refractivity contribution in [2.45, 2.75) is 6.92 Å². The number of hydrogen-bond acceptors (Lipinski definition) is 2. The maximum Gasteiger partial charge on any atom is 0.143 e. The molecule has 0 N–H and O–H groups in total. The maximum atomic E-state index is 12.3. The minimum absolute atomic E-state index is 0.279. The number of pyridine rings is 1. The molecule has 1 heterocycles. The fourth-order valence-corrected chi connectivity index (χ4v) is 0.658. The Morgan fingerprint density at radius 3 is 2.90 bits per heavy atom. The summed E-state index contributed by atoms with van der Waals surface area (Å²) in [6.45, 7) is 1.65. The zero-order chi connectivity index (χ0) is 7.56. The van der Waals surface area contributed by atoms with E-state index in [1.54, 1.807) is 6.92 Å². The molecule has 2 nitrogen and oxygen atoms in total. The van der Waals surface area contributed by atoms with E-state index in [9.17, 15) is 4.39 Å². The number of aromatic nitrogens is 1. The van der Waals surface area contributed by atoms with Crippen LogP contribution in [-0.2, 0) is 0 Å². The zero-order valence-electron chi connectivity index (χ0n) is 5.43. The summed E-state index contributed by atoms with van der Waals surface area (Å²) in [6.07, 6.45) is 1.03. The van der Waals surface area contributed by atoms with Gasteiger partial charge >= 0.3 is 0 Å². The molecule has 50 valence electrons. The van der Waals surface area contributed by atoms with Gasteiger partial charge in [0.05, 0.1) is 6.20 Å². The van der Waals surface area contributed by atoms with Crippen LogP contribution in [-0.4, -0.2) is 4.98 Å². The van der Waals surface area contributed by atoms with Crippen molar-refractivity contribution in [2.24, 2.45) is 0 Å². The third-order valence-electron chi connectivity index (χ3n) is 1.15. The van der Waals surface area contributed by atoms with E-state index in [1.807, 2.05) is 6.07 Å². The van der Waals surface area contributed by atoms with Gasteiger partial charge in [-0.3, -0.25) is 0 Å². The molecule has 0 saturated heterocycles. The van der Waals surface area contributed by atoms with Crippen molar-refractivity contribution in [2.75, 3.05) is 0 Å². The van der Waals surface area contributed by atoms with Crippen LogP contribution in [0.3, 0.4) is 0 Å². The highest BCUT2D eigenvalue weighted by Gasteiger charge is 1.97. The first kappa shape index (κ1) is 6.69. The molecule has 0 aliphatic rings. The summed E-state index contributed by atoms with van der Waals surface area (Å²) in [5.41, 5.74) is 0.851. The number of nitrogens with zero attached hydrogens (tertiary/aromatic N) is 2. The number of rotatable bonds is 0. The molecule has 3 heteroatoms. The molecule has 0 bridgehead atoms. The van der Waals surface area contributed by atoms with Gasteiger partial charge in [0.2, 0.25) is 0 Å². The molecule has 0 radical (unpaired) electrons. The topological polar surface area (TPSA) is 36.7 Å². The first-order valence-corrected chi connectivity index (χ1v) is 2.76. The van der Waals surface area contributed by atoms with Crippen LogP contribution in [0, 0.1) is 24.1 Å². The Kier molecular flexibility index (Phi) is 1.63. The van der Waals surface area contributed by atoms with E-state index in [4.69, 9.17) is 5.26 Å². The van der Waals surface area contributed by atoms with E-state index in [0.29, 0.717) is 5.56 Å². The normalized spacial score (nSPS) is 8.90. The van der Waals surface area contributed by atoms with Gasteiger partial charge in [0.15, 0.2) is 0 Å². The second-order valence-corrected chi connectivity index (χ2v) is 1.93. The van der Waals surface area contributed by atoms with Gasteiger partial charge in [0.1, 0.15) is 17.6 Å². The molecule has 0 amide bonds. The third kappa shape index (κ3) is 1.11. The number of aryl methyl sites for hydroxylation is 1. The van der Waals surface area contributed by atoms with Crippen molar-refractivity contribution >= 4 is 0 Å². The Balaban J connectivity index is 3.23. The lowest BCUT2D eigenvalue weighted by atomic mass is 10.2. The summed E-state index contributed by atoms with van der Waals surface area (Å²) in [5.74, 6) is -0.406. The first-order chi connectivity index (χ1) is 4.74. The zero-order valence-corrected chi connectivity index (χ0v) is 5.43. The van der Waals surface area contributed by atoms with Crippen molar-refractivity contribution in [3.63, 3.8) is 0 Å². The first-order valence-electron chi connectivity index (χ1n) is 2.76.